The second-order valence-corrected chi connectivity index (χ2v) is 6.58. The summed E-state index contributed by atoms with van der Waals surface area (Å²) in [5, 5.41) is 15.5. The van der Waals surface area contributed by atoms with Crippen LogP contribution in [0.5, 0.6) is 0 Å². The molecule has 3 atom stereocenters. The van der Waals surface area contributed by atoms with Gasteiger partial charge in [0.25, 0.3) is 0 Å². The van der Waals surface area contributed by atoms with Gasteiger partial charge >= 0.3 is 0 Å². The summed E-state index contributed by atoms with van der Waals surface area (Å²) in [4.78, 5) is 4.32. The molecule has 1 aliphatic heterocycles. The molecule has 3 aromatic rings. The summed E-state index contributed by atoms with van der Waals surface area (Å²) in [6.45, 7) is 0. The smallest absolute Gasteiger partial charge is 0.103 e. The van der Waals surface area contributed by atoms with Gasteiger partial charge in [-0.1, -0.05) is 24.3 Å². The van der Waals surface area contributed by atoms with Crippen molar-refractivity contribution in [2.75, 3.05) is 0 Å². The van der Waals surface area contributed by atoms with E-state index in [1.165, 1.54) is 16.7 Å². The van der Waals surface area contributed by atoms with Crippen LogP contribution in [0.2, 0.25) is 0 Å². The Morgan fingerprint density at radius 3 is 3.04 bits per heavy atom. The second kappa shape index (κ2) is 4.55. The lowest BCUT2D eigenvalue weighted by molar-refractivity contribution is 0.0681. The third kappa shape index (κ3) is 1.71. The highest BCUT2D eigenvalue weighted by atomic mass is 16.3. The Morgan fingerprint density at radius 2 is 2.13 bits per heavy atom. The van der Waals surface area contributed by atoms with Crippen LogP contribution < -0.4 is 0 Å². The summed E-state index contributed by atoms with van der Waals surface area (Å²) in [5.41, 5.74) is 5.68. The van der Waals surface area contributed by atoms with Gasteiger partial charge in [0, 0.05) is 24.7 Å². The lowest BCUT2D eigenvalue weighted by Crippen LogP contribution is -2.28. The van der Waals surface area contributed by atoms with Crippen molar-refractivity contribution in [2.45, 2.75) is 25.0 Å². The van der Waals surface area contributed by atoms with Crippen molar-refractivity contribution in [3.8, 4) is 11.3 Å². The van der Waals surface area contributed by atoms with Crippen LogP contribution in [-0.2, 0) is 13.5 Å². The first-order valence-electron chi connectivity index (χ1n) is 8.05. The minimum absolute atomic E-state index is 0.119. The fourth-order valence-electron chi connectivity index (χ4n) is 4.32. The van der Waals surface area contributed by atoms with Crippen molar-refractivity contribution < 1.29 is 5.11 Å². The maximum atomic E-state index is 11.0. The van der Waals surface area contributed by atoms with E-state index in [9.17, 15) is 5.11 Å². The van der Waals surface area contributed by atoms with Crippen LogP contribution in [0.25, 0.3) is 11.3 Å². The van der Waals surface area contributed by atoms with Crippen LogP contribution in [0.1, 0.15) is 35.4 Å². The Kier molecular flexibility index (Phi) is 2.59. The summed E-state index contributed by atoms with van der Waals surface area (Å²) in [5.74, 6) is 0.119. The lowest BCUT2D eigenvalue weighted by Gasteiger charge is -2.33. The van der Waals surface area contributed by atoms with Crippen molar-refractivity contribution >= 4 is 0 Å². The SMILES string of the molecule is Cn1cc2c(n1)[C@H](O)[C@H]([C@H]1c3ccccc3-c3cncn31)CC2. The third-order valence-electron chi connectivity index (χ3n) is 5.30. The summed E-state index contributed by atoms with van der Waals surface area (Å²) < 4.78 is 4.02. The molecule has 23 heavy (non-hydrogen) atoms. The zero-order valence-corrected chi connectivity index (χ0v) is 12.9. The van der Waals surface area contributed by atoms with E-state index in [0.717, 1.165) is 24.2 Å². The van der Waals surface area contributed by atoms with E-state index in [-0.39, 0.29) is 12.0 Å². The Morgan fingerprint density at radius 1 is 1.26 bits per heavy atom. The van der Waals surface area contributed by atoms with Crippen LogP contribution >= 0.6 is 0 Å². The molecule has 0 saturated carbocycles. The number of aromatic nitrogens is 4. The topological polar surface area (TPSA) is 55.9 Å². The molecule has 0 bridgehead atoms. The first-order chi connectivity index (χ1) is 11.2. The largest absolute Gasteiger partial charge is 0.386 e. The van der Waals surface area contributed by atoms with Gasteiger partial charge in [-0.05, 0) is 24.0 Å². The predicted molar refractivity (Wildman–Crippen MR) is 85.8 cm³/mol. The minimum atomic E-state index is -0.536. The average molecular weight is 306 g/mol. The number of hydrogen-bond donors (Lipinski definition) is 1. The number of imidazole rings is 1. The number of benzene rings is 1. The van der Waals surface area contributed by atoms with E-state index in [4.69, 9.17) is 0 Å². The van der Waals surface area contributed by atoms with E-state index < -0.39 is 6.10 Å². The Labute approximate surface area is 134 Å². The first-order valence-corrected chi connectivity index (χ1v) is 8.05. The molecule has 0 unspecified atom stereocenters. The molecular formula is C18H18N4O. The Bertz CT molecular complexity index is 894. The van der Waals surface area contributed by atoms with Gasteiger partial charge in [-0.15, -0.1) is 0 Å². The molecule has 1 aromatic carbocycles. The standard InChI is InChI=1S/C18H18N4O/c1-21-9-11-6-7-14(18(23)16(11)20-21)17-13-5-3-2-4-12(13)15-8-19-10-22(15)17/h2-5,8-10,14,17-18,23H,6-7H2,1H3/t14-,17+,18+/m0/s1. The Balaban J connectivity index is 1.63. The van der Waals surface area contributed by atoms with Gasteiger partial charge in [0.05, 0.1) is 30.0 Å². The number of fused-ring (bicyclic) bond motifs is 4. The quantitative estimate of drug-likeness (QED) is 0.751. The summed E-state index contributed by atoms with van der Waals surface area (Å²) in [7, 11) is 1.92. The molecule has 0 saturated heterocycles. The molecular weight excluding hydrogens is 288 g/mol. The van der Waals surface area contributed by atoms with Crippen LogP contribution in [0.15, 0.2) is 43.0 Å². The number of aliphatic hydroxyl groups is 1. The zero-order chi connectivity index (χ0) is 15.6. The average Bonchev–Trinajstić information content (AvgIpc) is 3.22. The third-order valence-corrected chi connectivity index (χ3v) is 5.30. The normalized spacial score (nSPS) is 25.0. The van der Waals surface area contributed by atoms with Gasteiger partial charge in [0.1, 0.15) is 6.10 Å². The van der Waals surface area contributed by atoms with Crippen molar-refractivity contribution in [1.29, 1.82) is 0 Å². The van der Waals surface area contributed by atoms with Crippen molar-refractivity contribution in [3.63, 3.8) is 0 Å². The molecule has 116 valence electrons. The summed E-state index contributed by atoms with van der Waals surface area (Å²) >= 11 is 0. The predicted octanol–water partition coefficient (Wildman–Crippen LogP) is 2.48. The molecule has 3 heterocycles. The number of nitrogens with zero attached hydrogens (tertiary/aromatic N) is 4. The van der Waals surface area contributed by atoms with Gasteiger partial charge in [-0.25, -0.2) is 4.98 Å². The fraction of sp³-hybridized carbons (Fsp3) is 0.333. The van der Waals surface area contributed by atoms with Crippen LogP contribution in [0.3, 0.4) is 0 Å². The molecule has 2 aromatic heterocycles. The molecule has 1 N–H and O–H groups in total. The van der Waals surface area contributed by atoms with Crippen LogP contribution in [0.4, 0.5) is 0 Å². The molecule has 2 aliphatic rings. The molecule has 0 fully saturated rings. The van der Waals surface area contributed by atoms with Gasteiger partial charge in [-0.2, -0.15) is 5.10 Å². The molecule has 0 amide bonds. The van der Waals surface area contributed by atoms with Crippen LogP contribution in [0, 0.1) is 5.92 Å². The number of aryl methyl sites for hydroxylation is 2. The highest BCUT2D eigenvalue weighted by Gasteiger charge is 2.41. The van der Waals surface area contributed by atoms with Crippen LogP contribution in [-0.4, -0.2) is 24.4 Å². The fourth-order valence-corrected chi connectivity index (χ4v) is 4.32. The number of rotatable bonds is 1. The first kappa shape index (κ1) is 13.1. The van der Waals surface area contributed by atoms with E-state index >= 15 is 0 Å². The van der Waals surface area contributed by atoms with Gasteiger partial charge in [0.15, 0.2) is 0 Å². The monoisotopic (exact) mass is 306 g/mol. The molecule has 1 aliphatic carbocycles. The van der Waals surface area contributed by atoms with Gasteiger partial charge in [0.2, 0.25) is 0 Å². The summed E-state index contributed by atoms with van der Waals surface area (Å²) in [6, 6.07) is 8.59. The number of hydrogen-bond acceptors (Lipinski definition) is 3. The van der Waals surface area contributed by atoms with E-state index in [2.05, 4.69) is 38.9 Å². The molecule has 5 rings (SSSR count). The second-order valence-electron chi connectivity index (χ2n) is 6.58. The summed E-state index contributed by atoms with van der Waals surface area (Å²) in [6.07, 6.45) is 7.22. The highest BCUT2D eigenvalue weighted by Crippen LogP contribution is 2.49. The van der Waals surface area contributed by atoms with Gasteiger partial charge in [-0.3, -0.25) is 4.68 Å². The minimum Gasteiger partial charge on any atom is -0.386 e. The highest BCUT2D eigenvalue weighted by molar-refractivity contribution is 5.69. The zero-order valence-electron chi connectivity index (χ0n) is 12.9. The van der Waals surface area contributed by atoms with Gasteiger partial charge < -0.3 is 9.67 Å². The van der Waals surface area contributed by atoms with Crippen molar-refractivity contribution in [2.24, 2.45) is 13.0 Å². The molecule has 0 spiro atoms. The maximum absolute atomic E-state index is 11.0. The molecule has 5 heteroatoms. The molecule has 0 radical (unpaired) electrons. The van der Waals surface area contributed by atoms with E-state index in [1.54, 1.807) is 0 Å². The lowest BCUT2D eigenvalue weighted by atomic mass is 9.78. The molecule has 5 nitrogen and oxygen atoms in total. The van der Waals surface area contributed by atoms with Crippen molar-refractivity contribution in [3.05, 3.63) is 59.8 Å². The van der Waals surface area contributed by atoms with E-state index in [1.807, 2.05) is 30.5 Å². The van der Waals surface area contributed by atoms with E-state index in [0.29, 0.717) is 0 Å². The van der Waals surface area contributed by atoms with Crippen molar-refractivity contribution in [1.82, 2.24) is 19.3 Å². The maximum Gasteiger partial charge on any atom is 0.103 e. The number of aliphatic hydroxyl groups excluding tert-OH is 1. The Hall–Kier alpha value is -2.40.